The Morgan fingerprint density at radius 3 is 2.44 bits per heavy atom. The maximum absolute atomic E-state index is 13.2. The first-order valence-corrected chi connectivity index (χ1v) is 10.4. The summed E-state index contributed by atoms with van der Waals surface area (Å²) in [6.07, 6.45) is 0.595. The van der Waals surface area contributed by atoms with Gasteiger partial charge in [-0.05, 0) is 49.9 Å². The Morgan fingerprint density at radius 1 is 1.19 bits per heavy atom. The van der Waals surface area contributed by atoms with E-state index in [0.717, 1.165) is 10.4 Å². The zero-order valence-electron chi connectivity index (χ0n) is 16.3. The van der Waals surface area contributed by atoms with Crippen LogP contribution in [0.2, 0.25) is 4.34 Å². The molecule has 0 spiro atoms. The summed E-state index contributed by atoms with van der Waals surface area (Å²) in [7, 11) is 0. The van der Waals surface area contributed by atoms with Gasteiger partial charge in [0.1, 0.15) is 6.04 Å². The van der Waals surface area contributed by atoms with Crippen LogP contribution in [0.5, 0.6) is 0 Å². The summed E-state index contributed by atoms with van der Waals surface area (Å²) < 4.78 is 0.708. The molecular formula is C21H27ClN2O2S. The van der Waals surface area contributed by atoms with Gasteiger partial charge in [-0.3, -0.25) is 9.59 Å². The van der Waals surface area contributed by atoms with Crippen LogP contribution in [0.15, 0.2) is 36.4 Å². The van der Waals surface area contributed by atoms with Crippen LogP contribution >= 0.6 is 22.9 Å². The Bertz CT molecular complexity index is 788. The molecule has 0 aliphatic carbocycles. The molecule has 27 heavy (non-hydrogen) atoms. The lowest BCUT2D eigenvalue weighted by Gasteiger charge is -2.28. The van der Waals surface area contributed by atoms with E-state index in [0.29, 0.717) is 29.4 Å². The quantitative estimate of drug-likeness (QED) is 0.677. The van der Waals surface area contributed by atoms with Crippen molar-refractivity contribution in [2.45, 2.75) is 46.7 Å². The molecule has 0 saturated heterocycles. The fourth-order valence-electron chi connectivity index (χ4n) is 2.95. The van der Waals surface area contributed by atoms with Crippen molar-refractivity contribution in [3.63, 3.8) is 0 Å². The summed E-state index contributed by atoms with van der Waals surface area (Å²) in [6, 6.07) is 10.6. The number of rotatable bonds is 8. The van der Waals surface area contributed by atoms with Gasteiger partial charge in [-0.25, -0.2) is 0 Å². The van der Waals surface area contributed by atoms with Crippen LogP contribution in [0.4, 0.5) is 0 Å². The van der Waals surface area contributed by atoms with Crippen molar-refractivity contribution in [3.8, 4) is 0 Å². The second-order valence-corrected chi connectivity index (χ2v) is 8.83. The van der Waals surface area contributed by atoms with E-state index in [2.05, 4.69) is 19.2 Å². The highest BCUT2D eigenvalue weighted by atomic mass is 35.5. The highest BCUT2D eigenvalue weighted by Crippen LogP contribution is 2.23. The lowest BCUT2D eigenvalue weighted by Crippen LogP contribution is -2.49. The van der Waals surface area contributed by atoms with Crippen molar-refractivity contribution in [1.82, 2.24) is 10.2 Å². The maximum atomic E-state index is 13.2. The number of hydrogen-bond donors (Lipinski definition) is 1. The highest BCUT2D eigenvalue weighted by Gasteiger charge is 2.27. The predicted octanol–water partition coefficient (Wildman–Crippen LogP) is 4.90. The van der Waals surface area contributed by atoms with E-state index < -0.39 is 6.04 Å². The monoisotopic (exact) mass is 406 g/mol. The fraction of sp³-hybridized carbons (Fsp3) is 0.429. The van der Waals surface area contributed by atoms with Crippen LogP contribution in [0.1, 0.15) is 48.0 Å². The summed E-state index contributed by atoms with van der Waals surface area (Å²) in [6.45, 7) is 9.02. The predicted molar refractivity (Wildman–Crippen MR) is 112 cm³/mol. The highest BCUT2D eigenvalue weighted by molar-refractivity contribution is 7.16. The third kappa shape index (κ3) is 6.08. The van der Waals surface area contributed by atoms with Gasteiger partial charge in [0.2, 0.25) is 5.91 Å². The third-order valence-corrected chi connectivity index (χ3v) is 5.59. The number of aryl methyl sites for hydroxylation is 1. The van der Waals surface area contributed by atoms with Gasteiger partial charge in [0.05, 0.1) is 10.9 Å². The van der Waals surface area contributed by atoms with Crippen LogP contribution in [-0.2, 0) is 11.3 Å². The molecule has 2 aromatic rings. The van der Waals surface area contributed by atoms with E-state index in [1.54, 1.807) is 11.0 Å². The molecule has 0 radical (unpaired) electrons. The molecular weight excluding hydrogens is 380 g/mol. The molecule has 1 atom stereocenters. The Kier molecular flexibility index (Phi) is 7.87. The number of amides is 2. The molecule has 0 aliphatic heterocycles. The van der Waals surface area contributed by atoms with Crippen LogP contribution in [0.3, 0.4) is 0 Å². The molecule has 146 valence electrons. The number of nitrogens with one attached hydrogen (secondary N) is 1. The average molecular weight is 407 g/mol. The second kappa shape index (κ2) is 9.90. The van der Waals surface area contributed by atoms with E-state index in [-0.39, 0.29) is 17.7 Å². The Morgan fingerprint density at radius 2 is 1.89 bits per heavy atom. The van der Waals surface area contributed by atoms with Crippen molar-refractivity contribution in [2.75, 3.05) is 6.54 Å². The number of hydrogen-bond acceptors (Lipinski definition) is 3. The number of nitrogens with zero attached hydrogens (tertiary/aromatic N) is 1. The molecule has 1 unspecified atom stereocenters. The van der Waals surface area contributed by atoms with Crippen molar-refractivity contribution in [2.24, 2.45) is 5.92 Å². The molecule has 1 aromatic carbocycles. The number of carbonyl (C=O) groups excluding carboxylic acids is 2. The van der Waals surface area contributed by atoms with Gasteiger partial charge in [0.25, 0.3) is 5.91 Å². The molecule has 0 fully saturated rings. The number of benzene rings is 1. The number of thiophene rings is 1. The smallest absolute Gasteiger partial charge is 0.252 e. The zero-order valence-corrected chi connectivity index (χ0v) is 17.9. The van der Waals surface area contributed by atoms with Gasteiger partial charge < -0.3 is 10.2 Å². The van der Waals surface area contributed by atoms with Crippen molar-refractivity contribution in [1.29, 1.82) is 0 Å². The topological polar surface area (TPSA) is 49.4 Å². The van der Waals surface area contributed by atoms with Gasteiger partial charge in [0.15, 0.2) is 0 Å². The molecule has 0 aliphatic rings. The molecule has 6 heteroatoms. The van der Waals surface area contributed by atoms with Crippen LogP contribution < -0.4 is 5.32 Å². The number of halogens is 1. The van der Waals surface area contributed by atoms with Gasteiger partial charge in [-0.2, -0.15) is 0 Å². The number of carbonyl (C=O) groups is 2. The van der Waals surface area contributed by atoms with Crippen molar-refractivity contribution in [3.05, 3.63) is 56.7 Å². The molecule has 2 amide bonds. The van der Waals surface area contributed by atoms with Gasteiger partial charge >= 0.3 is 0 Å². The minimum atomic E-state index is -0.549. The first-order valence-electron chi connectivity index (χ1n) is 9.21. The summed E-state index contributed by atoms with van der Waals surface area (Å²) >= 11 is 7.48. The minimum absolute atomic E-state index is 0.0577. The molecule has 0 saturated carbocycles. The average Bonchev–Trinajstić information content (AvgIpc) is 3.03. The van der Waals surface area contributed by atoms with Gasteiger partial charge in [-0.15, -0.1) is 11.3 Å². The van der Waals surface area contributed by atoms with E-state index in [1.165, 1.54) is 11.3 Å². The van der Waals surface area contributed by atoms with Gasteiger partial charge in [0, 0.05) is 17.0 Å². The first kappa shape index (κ1) is 21.5. The van der Waals surface area contributed by atoms with Crippen molar-refractivity contribution < 1.29 is 9.59 Å². The second-order valence-electron chi connectivity index (χ2n) is 7.03. The normalized spacial score (nSPS) is 12.1. The largest absolute Gasteiger partial charge is 0.340 e. The molecule has 0 bridgehead atoms. The molecule has 2 rings (SSSR count). The van der Waals surface area contributed by atoms with Gasteiger partial charge in [-0.1, -0.05) is 43.6 Å². The minimum Gasteiger partial charge on any atom is -0.340 e. The lowest BCUT2D eigenvalue weighted by atomic mass is 10.0. The van der Waals surface area contributed by atoms with E-state index in [4.69, 9.17) is 11.6 Å². The Hall–Kier alpha value is -1.85. The van der Waals surface area contributed by atoms with E-state index in [1.807, 2.05) is 44.2 Å². The summed E-state index contributed by atoms with van der Waals surface area (Å²) in [4.78, 5) is 28.7. The van der Waals surface area contributed by atoms with Crippen LogP contribution in [-0.4, -0.2) is 29.3 Å². The van der Waals surface area contributed by atoms with Crippen molar-refractivity contribution >= 4 is 34.8 Å². The van der Waals surface area contributed by atoms with E-state index in [9.17, 15) is 9.59 Å². The SMILES string of the molecule is CCN(Cc1ccc(Cl)s1)C(=O)C(CC(C)C)NC(=O)c1ccccc1C. The molecule has 1 aromatic heterocycles. The standard InChI is InChI=1S/C21H27ClN2O2S/c1-5-24(13-16-10-11-19(22)27-16)21(26)18(12-14(2)3)23-20(25)17-9-7-6-8-15(17)4/h6-11,14,18H,5,12-13H2,1-4H3,(H,23,25). The summed E-state index contributed by atoms with van der Waals surface area (Å²) in [5.74, 6) is 0.0194. The fourth-order valence-corrected chi connectivity index (χ4v) is 4.05. The van der Waals surface area contributed by atoms with E-state index >= 15 is 0 Å². The molecule has 1 N–H and O–H groups in total. The lowest BCUT2D eigenvalue weighted by molar-refractivity contribution is -0.134. The summed E-state index contributed by atoms with van der Waals surface area (Å²) in [5.41, 5.74) is 1.50. The number of likely N-dealkylation sites (N-methyl/N-ethyl adjacent to an activating group) is 1. The van der Waals surface area contributed by atoms with Crippen LogP contribution in [0, 0.1) is 12.8 Å². The maximum Gasteiger partial charge on any atom is 0.252 e. The first-order chi connectivity index (χ1) is 12.8. The molecule has 1 heterocycles. The summed E-state index contributed by atoms with van der Waals surface area (Å²) in [5, 5.41) is 2.96. The third-order valence-electron chi connectivity index (χ3n) is 4.37. The molecule has 4 nitrogen and oxygen atoms in total. The zero-order chi connectivity index (χ0) is 20.0. The Labute approximate surface area is 170 Å². The van der Waals surface area contributed by atoms with Crippen LogP contribution in [0.25, 0.3) is 0 Å². The Balaban J connectivity index is 2.16.